The van der Waals surface area contributed by atoms with Crippen molar-refractivity contribution < 1.29 is 14.0 Å². The normalized spacial score (nSPS) is 13.1. The molecule has 1 unspecified atom stereocenters. The summed E-state index contributed by atoms with van der Waals surface area (Å²) in [5.41, 5.74) is 0. The molecule has 3 nitrogen and oxygen atoms in total. The Morgan fingerprint density at radius 3 is 2.50 bits per heavy atom. The second kappa shape index (κ2) is 10.2. The molecule has 0 amide bonds. The second-order valence-corrected chi connectivity index (χ2v) is 5.39. The highest BCUT2D eigenvalue weighted by molar-refractivity contribution is 8.00. The highest BCUT2D eigenvalue weighted by Crippen LogP contribution is 2.48. The predicted octanol–water partition coefficient (Wildman–Crippen LogP) is 3.32. The first-order valence-electron chi connectivity index (χ1n) is 4.25. The van der Waals surface area contributed by atoms with E-state index in [0.29, 0.717) is 26.4 Å². The van der Waals surface area contributed by atoms with E-state index in [-0.39, 0.29) is 6.10 Å². The molecule has 0 aromatic rings. The van der Waals surface area contributed by atoms with Crippen LogP contribution >= 0.6 is 29.3 Å². The van der Waals surface area contributed by atoms with Gasteiger partial charge in [0, 0.05) is 6.61 Å². The summed E-state index contributed by atoms with van der Waals surface area (Å²) < 4.78 is 15.6. The van der Waals surface area contributed by atoms with E-state index in [4.69, 9.17) is 36.5 Å². The Balaban J connectivity index is 3.65. The monoisotopic (exact) mass is 260 g/mol. The lowest BCUT2D eigenvalue weighted by molar-refractivity contribution is 0.0106. The molecule has 1 atom stereocenters. The van der Waals surface area contributed by atoms with E-state index in [0.717, 1.165) is 0 Å². The molecule has 0 rings (SSSR count). The summed E-state index contributed by atoms with van der Waals surface area (Å²) in [6.45, 7) is 5.98. The minimum Gasteiger partial charge on any atom is -0.379 e. The minimum atomic E-state index is -1.42. The third-order valence-electron chi connectivity index (χ3n) is 1.28. The highest BCUT2D eigenvalue weighted by atomic mass is 35.9. The van der Waals surface area contributed by atoms with E-state index in [2.05, 4.69) is 6.58 Å². The quantitative estimate of drug-likeness (QED) is 0.362. The zero-order valence-corrected chi connectivity index (χ0v) is 10.5. The Labute approximate surface area is 95.7 Å². The molecule has 0 radical (unpaired) electrons. The number of hydrogen-bond acceptors (Lipinski definition) is 3. The van der Waals surface area contributed by atoms with Crippen LogP contribution in [0.2, 0.25) is 0 Å². The van der Waals surface area contributed by atoms with Gasteiger partial charge in [0.25, 0.3) is 0 Å². The molecule has 0 aromatic heterocycles. The fourth-order valence-corrected chi connectivity index (χ4v) is 1.78. The van der Waals surface area contributed by atoms with Crippen LogP contribution in [0, 0.1) is 0 Å². The Kier molecular flexibility index (Phi) is 10.6. The first-order valence-corrected chi connectivity index (χ1v) is 7.32. The number of rotatable bonds is 9. The molecule has 0 fully saturated rings. The van der Waals surface area contributed by atoms with Gasteiger partial charge in [-0.05, 0) is 29.4 Å². The molecular formula is C8H15Cl2O3P. The van der Waals surface area contributed by atoms with Crippen LogP contribution in [0.1, 0.15) is 6.92 Å². The topological polar surface area (TPSA) is 27.7 Å². The van der Waals surface area contributed by atoms with E-state index in [1.165, 1.54) is 0 Å². The van der Waals surface area contributed by atoms with E-state index in [1.54, 1.807) is 6.08 Å². The molecule has 0 aliphatic carbocycles. The SMILES string of the molecule is C=CCOCC(COCC)OP(Cl)Cl. The van der Waals surface area contributed by atoms with Gasteiger partial charge in [0.05, 0.1) is 19.8 Å². The van der Waals surface area contributed by atoms with Crippen LogP contribution in [0.25, 0.3) is 0 Å². The van der Waals surface area contributed by atoms with Crippen molar-refractivity contribution in [3.8, 4) is 0 Å². The van der Waals surface area contributed by atoms with E-state index in [1.807, 2.05) is 6.92 Å². The Morgan fingerprint density at radius 1 is 1.36 bits per heavy atom. The van der Waals surface area contributed by atoms with Crippen LogP contribution < -0.4 is 0 Å². The predicted molar refractivity (Wildman–Crippen MR) is 61.0 cm³/mol. The van der Waals surface area contributed by atoms with Gasteiger partial charge in [0.1, 0.15) is 6.10 Å². The van der Waals surface area contributed by atoms with Crippen LogP contribution in [0.3, 0.4) is 0 Å². The van der Waals surface area contributed by atoms with Crippen molar-refractivity contribution in [2.45, 2.75) is 13.0 Å². The maximum absolute atomic E-state index is 5.54. The van der Waals surface area contributed by atoms with Gasteiger partial charge < -0.3 is 14.0 Å². The fourth-order valence-electron chi connectivity index (χ4n) is 0.754. The Morgan fingerprint density at radius 2 is 2.00 bits per heavy atom. The molecule has 84 valence electrons. The third kappa shape index (κ3) is 9.20. The standard InChI is InChI=1S/C8H15Cl2O3P/c1-3-5-12-7-8(6-11-4-2)13-14(9)10/h3,8H,1,4-7H2,2H3. The van der Waals surface area contributed by atoms with Gasteiger partial charge >= 0.3 is 0 Å². The van der Waals surface area contributed by atoms with E-state index in [9.17, 15) is 0 Å². The lowest BCUT2D eigenvalue weighted by atomic mass is 10.4. The van der Waals surface area contributed by atoms with E-state index >= 15 is 0 Å². The van der Waals surface area contributed by atoms with Crippen LogP contribution in [-0.4, -0.2) is 32.5 Å². The maximum atomic E-state index is 5.54. The summed E-state index contributed by atoms with van der Waals surface area (Å²) in [5, 5.41) is 0. The second-order valence-electron chi connectivity index (χ2n) is 2.41. The summed E-state index contributed by atoms with van der Waals surface area (Å²) in [6.07, 6.45) is 1.46. The average Bonchev–Trinajstić information content (AvgIpc) is 2.13. The molecule has 0 saturated carbocycles. The molecule has 0 heterocycles. The minimum absolute atomic E-state index is 0.212. The highest BCUT2D eigenvalue weighted by Gasteiger charge is 2.13. The van der Waals surface area contributed by atoms with Crippen LogP contribution in [-0.2, 0) is 14.0 Å². The van der Waals surface area contributed by atoms with Crippen LogP contribution in [0.4, 0.5) is 0 Å². The van der Waals surface area contributed by atoms with Crippen molar-refractivity contribution in [2.75, 3.05) is 26.4 Å². The zero-order valence-electron chi connectivity index (χ0n) is 8.12. The first-order chi connectivity index (χ1) is 6.70. The fraction of sp³-hybridized carbons (Fsp3) is 0.750. The Bertz CT molecular complexity index is 147. The molecule has 0 saturated heterocycles. The van der Waals surface area contributed by atoms with Gasteiger partial charge in [0.15, 0.2) is 0 Å². The molecule has 0 aliphatic heterocycles. The Hall–Kier alpha value is 0.630. The molecule has 0 aliphatic rings. The molecule has 6 heteroatoms. The molecule has 0 aromatic carbocycles. The summed E-state index contributed by atoms with van der Waals surface area (Å²) in [4.78, 5) is 0. The first kappa shape index (κ1) is 14.6. The smallest absolute Gasteiger partial charge is 0.225 e. The molecule has 0 spiro atoms. The zero-order chi connectivity index (χ0) is 10.8. The lowest BCUT2D eigenvalue weighted by Crippen LogP contribution is -2.23. The van der Waals surface area contributed by atoms with Crippen molar-refractivity contribution in [3.63, 3.8) is 0 Å². The summed E-state index contributed by atoms with van der Waals surface area (Å²) >= 11 is 11.1. The number of hydrogen-bond donors (Lipinski definition) is 0. The van der Waals surface area contributed by atoms with Gasteiger partial charge in [-0.3, -0.25) is 0 Å². The summed E-state index contributed by atoms with van der Waals surface area (Å²) in [7, 11) is 0. The van der Waals surface area contributed by atoms with Crippen molar-refractivity contribution in [2.24, 2.45) is 0 Å². The van der Waals surface area contributed by atoms with Crippen molar-refractivity contribution >= 4 is 29.3 Å². The largest absolute Gasteiger partial charge is 0.379 e. The van der Waals surface area contributed by atoms with Gasteiger partial charge in [-0.1, -0.05) is 6.08 Å². The molecule has 0 bridgehead atoms. The van der Waals surface area contributed by atoms with Crippen molar-refractivity contribution in [3.05, 3.63) is 12.7 Å². The van der Waals surface area contributed by atoms with Crippen molar-refractivity contribution in [1.82, 2.24) is 0 Å². The van der Waals surface area contributed by atoms with Crippen LogP contribution in [0.15, 0.2) is 12.7 Å². The number of ether oxygens (including phenoxy) is 2. The van der Waals surface area contributed by atoms with Gasteiger partial charge in [0.2, 0.25) is 6.85 Å². The maximum Gasteiger partial charge on any atom is 0.225 e. The van der Waals surface area contributed by atoms with E-state index < -0.39 is 6.85 Å². The average molecular weight is 261 g/mol. The number of halogens is 2. The third-order valence-corrected chi connectivity index (χ3v) is 2.21. The molecule has 14 heavy (non-hydrogen) atoms. The van der Waals surface area contributed by atoms with Crippen LogP contribution in [0.5, 0.6) is 0 Å². The van der Waals surface area contributed by atoms with Gasteiger partial charge in [-0.2, -0.15) is 0 Å². The summed E-state index contributed by atoms with van der Waals surface area (Å²) in [5.74, 6) is 0. The molecular weight excluding hydrogens is 246 g/mol. The van der Waals surface area contributed by atoms with Gasteiger partial charge in [-0.25, -0.2) is 0 Å². The van der Waals surface area contributed by atoms with Crippen molar-refractivity contribution in [1.29, 1.82) is 0 Å². The lowest BCUT2D eigenvalue weighted by Gasteiger charge is -2.17. The summed E-state index contributed by atoms with van der Waals surface area (Å²) in [6, 6.07) is 0. The molecule has 0 N–H and O–H groups in total. The van der Waals surface area contributed by atoms with Gasteiger partial charge in [-0.15, -0.1) is 6.58 Å².